The minimum absolute atomic E-state index is 0.0259. The van der Waals surface area contributed by atoms with Crippen molar-refractivity contribution < 1.29 is 14.0 Å². The Bertz CT molecular complexity index is 839. The summed E-state index contributed by atoms with van der Waals surface area (Å²) in [6.45, 7) is 9.21. The summed E-state index contributed by atoms with van der Waals surface area (Å²) < 4.78 is 5.68. The zero-order chi connectivity index (χ0) is 20.8. The molecule has 0 radical (unpaired) electrons. The van der Waals surface area contributed by atoms with E-state index in [0.717, 1.165) is 31.4 Å². The first-order chi connectivity index (χ1) is 14.0. The largest absolute Gasteiger partial charge is 0.451 e. The normalized spacial score (nSPS) is 15.2. The molecule has 0 atom stereocenters. The number of furan rings is 1. The molecule has 0 unspecified atom stereocenters. The van der Waals surface area contributed by atoms with Crippen LogP contribution in [0.15, 0.2) is 28.7 Å². The maximum atomic E-state index is 12.8. The standard InChI is InChI=1S/C22H30ClN3O3/c1-3-25(4-2)11-5-10-24-21(27)16-8-12-26(13-9-16)22(28)20-15-17-14-18(23)6-7-19(17)29-20/h6-7,14-16H,3-5,8-13H2,1-2H3,(H,24,27). The van der Waals surface area contributed by atoms with Gasteiger partial charge in [0.2, 0.25) is 5.91 Å². The van der Waals surface area contributed by atoms with Crippen LogP contribution in [0.5, 0.6) is 0 Å². The number of hydrogen-bond acceptors (Lipinski definition) is 4. The first-order valence-electron chi connectivity index (χ1n) is 10.5. The van der Waals surface area contributed by atoms with E-state index in [9.17, 15) is 9.59 Å². The number of rotatable bonds is 8. The zero-order valence-electron chi connectivity index (χ0n) is 17.2. The van der Waals surface area contributed by atoms with Crippen molar-refractivity contribution in [1.82, 2.24) is 15.1 Å². The lowest BCUT2D eigenvalue weighted by Gasteiger charge is -2.30. The van der Waals surface area contributed by atoms with Gasteiger partial charge in [-0.25, -0.2) is 0 Å². The molecule has 6 nitrogen and oxygen atoms in total. The molecular formula is C22H30ClN3O3. The van der Waals surface area contributed by atoms with Crippen molar-refractivity contribution >= 4 is 34.4 Å². The summed E-state index contributed by atoms with van der Waals surface area (Å²) in [6, 6.07) is 7.03. The first-order valence-corrected chi connectivity index (χ1v) is 10.9. The number of benzene rings is 1. The second-order valence-corrected chi connectivity index (χ2v) is 7.97. The van der Waals surface area contributed by atoms with Gasteiger partial charge in [0.15, 0.2) is 5.76 Å². The highest BCUT2D eigenvalue weighted by Gasteiger charge is 2.29. The fraction of sp³-hybridized carbons (Fsp3) is 0.545. The molecule has 0 saturated carbocycles. The van der Waals surface area contributed by atoms with Gasteiger partial charge in [-0.3, -0.25) is 9.59 Å². The molecular weight excluding hydrogens is 390 g/mol. The summed E-state index contributed by atoms with van der Waals surface area (Å²) in [4.78, 5) is 29.3. The van der Waals surface area contributed by atoms with Crippen molar-refractivity contribution in [3.8, 4) is 0 Å². The average molecular weight is 420 g/mol. The van der Waals surface area contributed by atoms with Crippen molar-refractivity contribution in [1.29, 1.82) is 0 Å². The number of likely N-dealkylation sites (tertiary alicyclic amines) is 1. The summed E-state index contributed by atoms with van der Waals surface area (Å²) in [7, 11) is 0. The Kier molecular flexibility index (Phi) is 7.56. The van der Waals surface area contributed by atoms with Gasteiger partial charge >= 0.3 is 0 Å². The number of fused-ring (bicyclic) bond motifs is 1. The van der Waals surface area contributed by atoms with E-state index >= 15 is 0 Å². The fourth-order valence-electron chi connectivity index (χ4n) is 3.82. The van der Waals surface area contributed by atoms with E-state index in [1.54, 1.807) is 29.2 Å². The summed E-state index contributed by atoms with van der Waals surface area (Å²) in [5.74, 6) is 0.272. The van der Waals surface area contributed by atoms with Crippen molar-refractivity contribution in [2.24, 2.45) is 5.92 Å². The summed E-state index contributed by atoms with van der Waals surface area (Å²) in [5.41, 5.74) is 0.650. The SMILES string of the molecule is CCN(CC)CCCNC(=O)C1CCN(C(=O)c2cc3cc(Cl)ccc3o2)CC1. The number of nitrogens with one attached hydrogen (secondary N) is 1. The maximum Gasteiger partial charge on any atom is 0.289 e. The third-order valence-electron chi connectivity index (χ3n) is 5.69. The molecule has 2 aromatic rings. The molecule has 0 aliphatic carbocycles. The van der Waals surface area contributed by atoms with E-state index in [2.05, 4.69) is 24.1 Å². The summed E-state index contributed by atoms with van der Waals surface area (Å²) >= 11 is 6.00. The third kappa shape index (κ3) is 5.52. The number of carbonyl (C=O) groups is 2. The van der Waals surface area contributed by atoms with Crippen molar-refractivity contribution in [2.45, 2.75) is 33.1 Å². The maximum absolute atomic E-state index is 12.8. The summed E-state index contributed by atoms with van der Waals surface area (Å²) in [6.07, 6.45) is 2.32. The minimum Gasteiger partial charge on any atom is -0.451 e. The van der Waals surface area contributed by atoms with Gasteiger partial charge in [0.1, 0.15) is 5.58 Å². The molecule has 158 valence electrons. The lowest BCUT2D eigenvalue weighted by Crippen LogP contribution is -2.43. The quantitative estimate of drug-likeness (QED) is 0.661. The smallest absolute Gasteiger partial charge is 0.289 e. The lowest BCUT2D eigenvalue weighted by atomic mass is 9.95. The Morgan fingerprint density at radius 3 is 2.62 bits per heavy atom. The van der Waals surface area contributed by atoms with Gasteiger partial charge in [-0.05, 0) is 63.2 Å². The molecule has 1 aliphatic heterocycles. The topological polar surface area (TPSA) is 65.8 Å². The van der Waals surface area contributed by atoms with Gasteiger partial charge in [-0.1, -0.05) is 25.4 Å². The average Bonchev–Trinajstić information content (AvgIpc) is 3.16. The molecule has 1 aromatic heterocycles. The lowest BCUT2D eigenvalue weighted by molar-refractivity contribution is -0.126. The molecule has 1 saturated heterocycles. The minimum atomic E-state index is -0.129. The van der Waals surface area contributed by atoms with Gasteiger partial charge < -0.3 is 19.5 Å². The molecule has 2 heterocycles. The second-order valence-electron chi connectivity index (χ2n) is 7.53. The molecule has 0 spiro atoms. The Balaban J connectivity index is 1.45. The van der Waals surface area contributed by atoms with Gasteiger partial charge in [0.25, 0.3) is 5.91 Å². The highest BCUT2D eigenvalue weighted by atomic mass is 35.5. The summed E-state index contributed by atoms with van der Waals surface area (Å²) in [5, 5.41) is 4.49. The first kappa shape index (κ1) is 21.7. The van der Waals surface area contributed by atoms with E-state index in [-0.39, 0.29) is 17.7 Å². The number of carbonyl (C=O) groups excluding carboxylic acids is 2. The molecule has 3 rings (SSSR count). The van der Waals surface area contributed by atoms with Gasteiger partial charge in [-0.2, -0.15) is 0 Å². The van der Waals surface area contributed by atoms with Crippen LogP contribution in [0.2, 0.25) is 5.02 Å². The van der Waals surface area contributed by atoms with E-state index in [0.29, 0.717) is 48.8 Å². The van der Waals surface area contributed by atoms with Crippen LogP contribution < -0.4 is 5.32 Å². The zero-order valence-corrected chi connectivity index (χ0v) is 18.0. The fourth-order valence-corrected chi connectivity index (χ4v) is 4.00. The molecule has 29 heavy (non-hydrogen) atoms. The van der Waals surface area contributed by atoms with Gasteiger partial charge in [0, 0.05) is 36.0 Å². The molecule has 1 aliphatic rings. The number of halogens is 1. The van der Waals surface area contributed by atoms with E-state index < -0.39 is 0 Å². The van der Waals surface area contributed by atoms with Crippen molar-refractivity contribution in [3.63, 3.8) is 0 Å². The Morgan fingerprint density at radius 2 is 1.93 bits per heavy atom. The Morgan fingerprint density at radius 1 is 1.21 bits per heavy atom. The number of piperidine rings is 1. The van der Waals surface area contributed by atoms with Crippen LogP contribution in [0.3, 0.4) is 0 Å². The monoisotopic (exact) mass is 419 g/mol. The van der Waals surface area contributed by atoms with E-state index in [1.165, 1.54) is 0 Å². The molecule has 1 N–H and O–H groups in total. The van der Waals surface area contributed by atoms with Gasteiger partial charge in [-0.15, -0.1) is 0 Å². The molecule has 1 fully saturated rings. The molecule has 1 aromatic carbocycles. The van der Waals surface area contributed by atoms with Crippen LogP contribution in [0.1, 0.15) is 43.7 Å². The second kappa shape index (κ2) is 10.1. The van der Waals surface area contributed by atoms with E-state index in [4.69, 9.17) is 16.0 Å². The van der Waals surface area contributed by atoms with Gasteiger partial charge in [0.05, 0.1) is 0 Å². The molecule has 2 amide bonds. The Labute approximate surface area is 177 Å². The van der Waals surface area contributed by atoms with Crippen LogP contribution in [0.4, 0.5) is 0 Å². The van der Waals surface area contributed by atoms with Crippen LogP contribution in [0, 0.1) is 5.92 Å². The highest BCUT2D eigenvalue weighted by molar-refractivity contribution is 6.31. The number of hydrogen-bond donors (Lipinski definition) is 1. The molecule has 0 bridgehead atoms. The predicted octanol–water partition coefficient (Wildman–Crippen LogP) is 3.79. The van der Waals surface area contributed by atoms with Crippen molar-refractivity contribution in [2.75, 3.05) is 39.3 Å². The third-order valence-corrected chi connectivity index (χ3v) is 5.92. The van der Waals surface area contributed by atoms with Crippen LogP contribution in [-0.4, -0.2) is 60.9 Å². The van der Waals surface area contributed by atoms with Crippen LogP contribution in [0.25, 0.3) is 11.0 Å². The van der Waals surface area contributed by atoms with Crippen molar-refractivity contribution in [3.05, 3.63) is 35.0 Å². The number of amides is 2. The molecule has 7 heteroatoms. The van der Waals surface area contributed by atoms with Crippen LogP contribution in [-0.2, 0) is 4.79 Å². The van der Waals surface area contributed by atoms with E-state index in [1.807, 2.05) is 0 Å². The van der Waals surface area contributed by atoms with Crippen LogP contribution >= 0.6 is 11.6 Å². The Hall–Kier alpha value is -2.05. The highest BCUT2D eigenvalue weighted by Crippen LogP contribution is 2.25. The predicted molar refractivity (Wildman–Crippen MR) is 115 cm³/mol. The number of nitrogens with zero attached hydrogens (tertiary/aromatic N) is 2.